The molecule has 4 aromatic rings. The van der Waals surface area contributed by atoms with Crippen LogP contribution in [0.3, 0.4) is 0 Å². The summed E-state index contributed by atoms with van der Waals surface area (Å²) in [5.41, 5.74) is 7.62. The molecule has 0 fully saturated rings. The van der Waals surface area contributed by atoms with Gasteiger partial charge in [0.15, 0.2) is 0 Å². The molecule has 4 rings (SSSR count). The smallest absolute Gasteiger partial charge is 0.115 e. The van der Waals surface area contributed by atoms with Crippen LogP contribution in [-0.4, -0.2) is 15.3 Å². The Morgan fingerprint density at radius 3 is 0.758 bits per heavy atom. The first-order valence-electron chi connectivity index (χ1n) is 11.5. The van der Waals surface area contributed by atoms with E-state index in [-0.39, 0.29) is 0 Å². The van der Waals surface area contributed by atoms with E-state index in [0.29, 0.717) is 17.2 Å². The lowest BCUT2D eigenvalue weighted by Crippen LogP contribution is -2.00. The number of aromatic hydroxyl groups is 3. The van der Waals surface area contributed by atoms with Crippen molar-refractivity contribution in [2.45, 2.75) is 38.5 Å². The van der Waals surface area contributed by atoms with E-state index >= 15 is 0 Å². The molecule has 0 aromatic heterocycles. The van der Waals surface area contributed by atoms with Crippen LogP contribution in [0.15, 0.2) is 91.0 Å². The average molecular weight is 439 g/mol. The van der Waals surface area contributed by atoms with Crippen LogP contribution >= 0.6 is 0 Å². The zero-order valence-electron chi connectivity index (χ0n) is 18.7. The fraction of sp³-hybridized carbons (Fsp3) is 0.200. The van der Waals surface area contributed by atoms with Gasteiger partial charge in [0, 0.05) is 0 Å². The molecule has 0 aliphatic carbocycles. The van der Waals surface area contributed by atoms with Gasteiger partial charge >= 0.3 is 0 Å². The summed E-state index contributed by atoms with van der Waals surface area (Å²) in [7, 11) is 0. The van der Waals surface area contributed by atoms with Crippen molar-refractivity contribution in [1.29, 1.82) is 0 Å². The molecule has 0 atom stereocenters. The predicted molar refractivity (Wildman–Crippen MR) is 133 cm³/mol. The van der Waals surface area contributed by atoms with Crippen LogP contribution in [0.25, 0.3) is 0 Å². The minimum Gasteiger partial charge on any atom is -0.508 e. The number of aryl methyl sites for hydroxylation is 6. The van der Waals surface area contributed by atoms with Gasteiger partial charge in [-0.15, -0.1) is 0 Å². The van der Waals surface area contributed by atoms with Gasteiger partial charge in [0.2, 0.25) is 0 Å². The molecule has 3 N–H and O–H groups in total. The van der Waals surface area contributed by atoms with E-state index in [1.165, 1.54) is 33.4 Å². The number of rotatable bonds is 9. The van der Waals surface area contributed by atoms with Gasteiger partial charge in [-0.2, -0.15) is 0 Å². The molecule has 3 heteroatoms. The van der Waals surface area contributed by atoms with E-state index in [1.807, 2.05) is 36.4 Å². The van der Waals surface area contributed by atoms with Gasteiger partial charge in [-0.1, -0.05) is 54.6 Å². The minimum atomic E-state index is 0.298. The average Bonchev–Trinajstić information content (AvgIpc) is 2.83. The Labute approximate surface area is 195 Å². The third-order valence-corrected chi connectivity index (χ3v) is 6.03. The van der Waals surface area contributed by atoms with E-state index < -0.39 is 0 Å². The Balaban J connectivity index is 1.48. The lowest BCUT2D eigenvalue weighted by Gasteiger charge is -2.11. The molecule has 0 aliphatic heterocycles. The molecule has 3 nitrogen and oxygen atoms in total. The van der Waals surface area contributed by atoms with Crippen LogP contribution in [0.4, 0.5) is 0 Å². The Hall–Kier alpha value is -3.72. The van der Waals surface area contributed by atoms with E-state index in [9.17, 15) is 15.3 Å². The summed E-state index contributed by atoms with van der Waals surface area (Å²) in [5.74, 6) is 0.893. The Morgan fingerprint density at radius 1 is 0.303 bits per heavy atom. The van der Waals surface area contributed by atoms with Crippen molar-refractivity contribution in [3.8, 4) is 17.2 Å². The number of hydrogen-bond donors (Lipinski definition) is 3. The largest absolute Gasteiger partial charge is 0.508 e. The second-order valence-electron chi connectivity index (χ2n) is 8.66. The maximum atomic E-state index is 9.52. The Bertz CT molecular complexity index is 997. The SMILES string of the molecule is Oc1ccc(CCc2cc(CCc3ccc(O)cc3)cc(CCc3ccc(O)cc3)c2)cc1. The summed E-state index contributed by atoms with van der Waals surface area (Å²) >= 11 is 0. The third kappa shape index (κ3) is 6.88. The lowest BCUT2D eigenvalue weighted by atomic mass is 9.94. The maximum absolute atomic E-state index is 9.52. The summed E-state index contributed by atoms with van der Waals surface area (Å²) in [6.45, 7) is 0. The molecule has 33 heavy (non-hydrogen) atoms. The van der Waals surface area contributed by atoms with Crippen molar-refractivity contribution < 1.29 is 15.3 Å². The summed E-state index contributed by atoms with van der Waals surface area (Å²) in [5, 5.41) is 28.6. The van der Waals surface area contributed by atoms with Gasteiger partial charge in [0.05, 0.1) is 0 Å². The highest BCUT2D eigenvalue weighted by atomic mass is 16.3. The monoisotopic (exact) mass is 438 g/mol. The van der Waals surface area contributed by atoms with Crippen molar-refractivity contribution in [3.63, 3.8) is 0 Å². The third-order valence-electron chi connectivity index (χ3n) is 6.03. The van der Waals surface area contributed by atoms with Crippen LogP contribution in [0, 0.1) is 0 Å². The highest BCUT2D eigenvalue weighted by Gasteiger charge is 2.05. The van der Waals surface area contributed by atoms with Gasteiger partial charge in [-0.25, -0.2) is 0 Å². The summed E-state index contributed by atoms with van der Waals surface area (Å²) < 4.78 is 0. The van der Waals surface area contributed by atoms with Crippen LogP contribution in [0.5, 0.6) is 17.2 Å². The highest BCUT2D eigenvalue weighted by Crippen LogP contribution is 2.20. The quantitative estimate of drug-likeness (QED) is 0.293. The van der Waals surface area contributed by atoms with Crippen LogP contribution in [0.2, 0.25) is 0 Å². The summed E-state index contributed by atoms with van der Waals surface area (Å²) in [4.78, 5) is 0. The number of phenols is 3. The van der Waals surface area contributed by atoms with Gasteiger partial charge in [-0.3, -0.25) is 0 Å². The molecule has 0 amide bonds. The van der Waals surface area contributed by atoms with Crippen molar-refractivity contribution in [1.82, 2.24) is 0 Å². The molecule has 0 heterocycles. The number of phenolic OH excluding ortho intramolecular Hbond substituents is 3. The summed E-state index contributed by atoms with van der Waals surface area (Å²) in [6, 6.07) is 29.3. The predicted octanol–water partition coefficient (Wildman–Crippen LogP) is 6.16. The van der Waals surface area contributed by atoms with Gasteiger partial charge in [-0.05, 0) is 108 Å². The van der Waals surface area contributed by atoms with E-state index in [1.54, 1.807) is 36.4 Å². The zero-order valence-corrected chi connectivity index (χ0v) is 18.7. The molecular formula is C30H30O3. The first-order chi connectivity index (χ1) is 16.0. The normalized spacial score (nSPS) is 10.9. The minimum absolute atomic E-state index is 0.298. The van der Waals surface area contributed by atoms with Crippen molar-refractivity contribution in [3.05, 3.63) is 124 Å². The van der Waals surface area contributed by atoms with Gasteiger partial charge in [0.25, 0.3) is 0 Å². The molecule has 0 radical (unpaired) electrons. The fourth-order valence-electron chi connectivity index (χ4n) is 4.13. The highest BCUT2D eigenvalue weighted by molar-refractivity contribution is 5.35. The molecule has 0 saturated carbocycles. The van der Waals surface area contributed by atoms with E-state index in [4.69, 9.17) is 0 Å². The molecule has 0 aliphatic rings. The molecule has 0 bridgehead atoms. The molecular weight excluding hydrogens is 408 g/mol. The van der Waals surface area contributed by atoms with Gasteiger partial charge in [0.1, 0.15) is 17.2 Å². The number of hydrogen-bond acceptors (Lipinski definition) is 3. The standard InChI is InChI=1S/C30H30O3/c31-28-13-7-22(8-14-28)1-4-25-19-26(5-2-23-9-15-29(32)16-10-23)21-27(20-25)6-3-24-11-17-30(33)18-12-24/h7-21,31-33H,1-6H2. The Kier molecular flexibility index (Phi) is 7.31. The second kappa shape index (κ2) is 10.7. The van der Waals surface area contributed by atoms with Crippen LogP contribution < -0.4 is 0 Å². The van der Waals surface area contributed by atoms with E-state index in [0.717, 1.165) is 38.5 Å². The molecule has 4 aromatic carbocycles. The Morgan fingerprint density at radius 2 is 0.515 bits per heavy atom. The maximum Gasteiger partial charge on any atom is 0.115 e. The topological polar surface area (TPSA) is 60.7 Å². The van der Waals surface area contributed by atoms with Crippen molar-refractivity contribution in [2.75, 3.05) is 0 Å². The van der Waals surface area contributed by atoms with Crippen LogP contribution in [0.1, 0.15) is 33.4 Å². The molecule has 0 saturated heterocycles. The van der Waals surface area contributed by atoms with E-state index in [2.05, 4.69) is 18.2 Å². The zero-order chi connectivity index (χ0) is 23.0. The van der Waals surface area contributed by atoms with Crippen molar-refractivity contribution >= 4 is 0 Å². The van der Waals surface area contributed by atoms with Crippen LogP contribution in [-0.2, 0) is 38.5 Å². The summed E-state index contributed by atoms with van der Waals surface area (Å²) in [6.07, 6.45) is 5.63. The first kappa shape index (κ1) is 22.5. The fourth-order valence-corrected chi connectivity index (χ4v) is 4.13. The first-order valence-corrected chi connectivity index (χ1v) is 11.5. The molecule has 168 valence electrons. The molecule has 0 unspecified atom stereocenters. The second-order valence-corrected chi connectivity index (χ2v) is 8.66. The molecule has 0 spiro atoms. The number of benzene rings is 4. The van der Waals surface area contributed by atoms with Crippen molar-refractivity contribution in [2.24, 2.45) is 0 Å². The lowest BCUT2D eigenvalue weighted by molar-refractivity contribution is 0.474. The van der Waals surface area contributed by atoms with Gasteiger partial charge < -0.3 is 15.3 Å².